The number of carbonyl (C=O) groups is 2. The van der Waals surface area contributed by atoms with Crippen molar-refractivity contribution in [1.29, 1.82) is 0 Å². The van der Waals surface area contributed by atoms with Crippen molar-refractivity contribution in [1.82, 2.24) is 0 Å². The van der Waals surface area contributed by atoms with E-state index in [1.165, 1.54) is 5.19 Å². The number of aliphatic hydroxyl groups excluding tert-OH is 1. The molecule has 0 aliphatic carbocycles. The molecule has 4 atom stereocenters. The normalized spacial score (nSPS) is 23.9. The highest BCUT2D eigenvalue weighted by Gasteiger charge is 2.65. The Morgan fingerprint density at radius 3 is 2.42 bits per heavy atom. The smallest absolute Gasteiger partial charge is 0.264 e. The summed E-state index contributed by atoms with van der Waals surface area (Å²) in [6.45, 7) is 6.67. The maximum Gasteiger partial charge on any atom is 0.264 e. The second-order valence-electron chi connectivity index (χ2n) is 11.3. The van der Waals surface area contributed by atoms with Gasteiger partial charge in [-0.2, -0.15) is 0 Å². The van der Waals surface area contributed by atoms with E-state index >= 15 is 0 Å². The van der Waals surface area contributed by atoms with Gasteiger partial charge in [-0.1, -0.05) is 37.3 Å². The molecule has 9 heteroatoms. The number of benzene rings is 3. The maximum absolute atomic E-state index is 14.1. The second-order valence-corrected chi connectivity index (χ2v) is 16.0. The molecule has 2 aliphatic rings. The standard InChI is InChI=1S/C31H37N3O5Si/c1-19-28(40(4,5)24-13-11-23(38-3)12-14-24)27(16-17-35)39-31(19)25-18-22(10-15-26(25)34(2)30(31)37)33-29(36)20-6-8-21(32)9-7-20/h6-15,18-19,27-28,35H,16-17,32H2,1-5H3,(H,33,36)/t19-,27+,28-,31+/m1/s1. The molecule has 3 aromatic carbocycles. The summed E-state index contributed by atoms with van der Waals surface area (Å²) in [7, 11) is 1.17. The lowest BCUT2D eigenvalue weighted by Crippen LogP contribution is -2.51. The number of hydrogen-bond donors (Lipinski definition) is 3. The number of nitrogens with zero attached hydrogens (tertiary/aromatic N) is 1. The number of fused-ring (bicyclic) bond motifs is 2. The van der Waals surface area contributed by atoms with Gasteiger partial charge in [0.2, 0.25) is 0 Å². The fourth-order valence-electron chi connectivity index (χ4n) is 6.73. The average molecular weight is 560 g/mol. The van der Waals surface area contributed by atoms with Crippen LogP contribution >= 0.6 is 0 Å². The highest BCUT2D eigenvalue weighted by atomic mass is 28.3. The number of ether oxygens (including phenoxy) is 2. The van der Waals surface area contributed by atoms with Crippen molar-refractivity contribution in [2.75, 3.05) is 36.7 Å². The first-order valence-corrected chi connectivity index (χ1v) is 16.6. The molecule has 3 aromatic rings. The van der Waals surface area contributed by atoms with Crippen LogP contribution in [-0.2, 0) is 15.1 Å². The third-order valence-electron chi connectivity index (χ3n) is 8.81. The molecule has 0 aromatic heterocycles. The molecule has 4 N–H and O–H groups in total. The van der Waals surface area contributed by atoms with Gasteiger partial charge in [0.05, 0.1) is 27.0 Å². The lowest BCUT2D eigenvalue weighted by Gasteiger charge is -2.37. The molecule has 1 spiro atoms. The minimum Gasteiger partial charge on any atom is -0.497 e. The van der Waals surface area contributed by atoms with E-state index in [2.05, 4.69) is 37.5 Å². The summed E-state index contributed by atoms with van der Waals surface area (Å²) in [5, 5.41) is 14.2. The van der Waals surface area contributed by atoms with Crippen LogP contribution in [0.15, 0.2) is 66.7 Å². The first-order valence-electron chi connectivity index (χ1n) is 13.6. The van der Waals surface area contributed by atoms with E-state index in [9.17, 15) is 14.7 Å². The predicted molar refractivity (Wildman–Crippen MR) is 160 cm³/mol. The number of hydrogen-bond acceptors (Lipinski definition) is 6. The number of rotatable bonds is 7. The van der Waals surface area contributed by atoms with E-state index in [-0.39, 0.29) is 36.0 Å². The van der Waals surface area contributed by atoms with E-state index in [0.29, 0.717) is 23.4 Å². The van der Waals surface area contributed by atoms with Crippen molar-refractivity contribution in [3.63, 3.8) is 0 Å². The Morgan fingerprint density at radius 2 is 1.80 bits per heavy atom. The number of nitrogens with two attached hydrogens (primary N) is 1. The first kappa shape index (κ1) is 27.9. The summed E-state index contributed by atoms with van der Waals surface area (Å²) >= 11 is 0. The van der Waals surface area contributed by atoms with E-state index < -0.39 is 13.7 Å². The van der Waals surface area contributed by atoms with Crippen LogP contribution in [0, 0.1) is 5.92 Å². The molecular formula is C31H37N3O5Si. The molecular weight excluding hydrogens is 522 g/mol. The Balaban J connectivity index is 1.54. The number of carbonyl (C=O) groups excluding carboxylic acids is 2. The van der Waals surface area contributed by atoms with Gasteiger partial charge in [-0.05, 0) is 66.6 Å². The largest absolute Gasteiger partial charge is 0.497 e. The minimum absolute atomic E-state index is 0.0361. The summed E-state index contributed by atoms with van der Waals surface area (Å²) in [6, 6.07) is 20.4. The number of amides is 2. The third-order valence-corrected chi connectivity index (χ3v) is 13.2. The van der Waals surface area contributed by atoms with Gasteiger partial charge in [0.25, 0.3) is 11.8 Å². The quantitative estimate of drug-likeness (QED) is 0.297. The molecule has 1 fully saturated rings. The van der Waals surface area contributed by atoms with Crippen LogP contribution < -0.4 is 25.9 Å². The zero-order valence-electron chi connectivity index (χ0n) is 23.6. The topological polar surface area (TPSA) is 114 Å². The highest BCUT2D eigenvalue weighted by molar-refractivity contribution is 6.91. The van der Waals surface area contributed by atoms with Crippen molar-refractivity contribution >= 4 is 42.1 Å². The number of likely N-dealkylation sites (N-methyl/N-ethyl adjacent to an activating group) is 1. The zero-order valence-corrected chi connectivity index (χ0v) is 24.6. The van der Waals surface area contributed by atoms with Gasteiger partial charge in [0, 0.05) is 42.1 Å². The molecule has 2 aliphatic heterocycles. The molecule has 0 saturated carbocycles. The van der Waals surface area contributed by atoms with E-state index in [1.54, 1.807) is 49.4 Å². The Kier molecular flexibility index (Phi) is 7.24. The molecule has 40 heavy (non-hydrogen) atoms. The number of aliphatic hydroxyl groups is 1. The van der Waals surface area contributed by atoms with E-state index in [0.717, 1.165) is 17.0 Å². The SMILES string of the molecule is COc1ccc([Si](C)(C)[C@H]2[C@H](CCO)O[C@@]3(C(=O)N(C)c4ccc(NC(=O)c5ccc(N)cc5)cc43)[C@@H]2C)cc1. The zero-order chi connectivity index (χ0) is 28.8. The van der Waals surface area contributed by atoms with Gasteiger partial charge in [-0.15, -0.1) is 0 Å². The summed E-state index contributed by atoms with van der Waals surface area (Å²) in [5.74, 6) is 0.230. The second kappa shape index (κ2) is 10.4. The molecule has 8 nitrogen and oxygen atoms in total. The fourth-order valence-corrected chi connectivity index (χ4v) is 10.8. The van der Waals surface area contributed by atoms with Crippen molar-refractivity contribution in [3.05, 3.63) is 77.9 Å². The molecule has 1 saturated heterocycles. The van der Waals surface area contributed by atoms with Crippen LogP contribution in [0.5, 0.6) is 5.75 Å². The van der Waals surface area contributed by atoms with Crippen molar-refractivity contribution in [3.8, 4) is 5.75 Å². The van der Waals surface area contributed by atoms with Crippen LogP contribution in [0.1, 0.15) is 29.3 Å². The summed E-state index contributed by atoms with van der Waals surface area (Å²) in [6.07, 6.45) is 0.128. The fraction of sp³-hybridized carbons (Fsp3) is 0.355. The van der Waals surface area contributed by atoms with Crippen LogP contribution in [0.25, 0.3) is 0 Å². The monoisotopic (exact) mass is 559 g/mol. The summed E-state index contributed by atoms with van der Waals surface area (Å²) in [5.41, 5.74) is 7.75. The number of nitrogens with one attached hydrogen (secondary N) is 1. The van der Waals surface area contributed by atoms with Crippen molar-refractivity contribution in [2.24, 2.45) is 5.92 Å². The molecule has 210 valence electrons. The minimum atomic E-state index is -2.24. The van der Waals surface area contributed by atoms with Crippen molar-refractivity contribution < 1.29 is 24.2 Å². The van der Waals surface area contributed by atoms with E-state index in [1.807, 2.05) is 24.3 Å². The Morgan fingerprint density at radius 1 is 1.12 bits per heavy atom. The van der Waals surface area contributed by atoms with Gasteiger partial charge in [-0.3, -0.25) is 9.59 Å². The van der Waals surface area contributed by atoms with Gasteiger partial charge in [-0.25, -0.2) is 0 Å². The number of methoxy groups -OCH3 is 1. The number of nitrogen functional groups attached to an aromatic ring is 1. The first-order chi connectivity index (χ1) is 19.0. The Hall–Kier alpha value is -3.66. The lowest BCUT2D eigenvalue weighted by atomic mass is 9.82. The lowest BCUT2D eigenvalue weighted by molar-refractivity contribution is -0.145. The van der Waals surface area contributed by atoms with Crippen LogP contribution in [-0.4, -0.2) is 51.9 Å². The highest BCUT2D eigenvalue weighted by Crippen LogP contribution is 2.59. The maximum atomic E-state index is 14.1. The van der Waals surface area contributed by atoms with Gasteiger partial charge >= 0.3 is 0 Å². The van der Waals surface area contributed by atoms with Crippen LogP contribution in [0.3, 0.4) is 0 Å². The van der Waals surface area contributed by atoms with Gasteiger partial charge in [0.1, 0.15) is 5.75 Å². The summed E-state index contributed by atoms with van der Waals surface area (Å²) in [4.78, 5) is 28.7. The number of anilines is 3. The molecule has 0 radical (unpaired) electrons. The predicted octanol–water partition coefficient (Wildman–Crippen LogP) is 4.10. The summed E-state index contributed by atoms with van der Waals surface area (Å²) < 4.78 is 12.2. The van der Waals surface area contributed by atoms with Gasteiger partial charge < -0.3 is 30.5 Å². The van der Waals surface area contributed by atoms with E-state index in [4.69, 9.17) is 15.2 Å². The van der Waals surface area contributed by atoms with Crippen LogP contribution in [0.4, 0.5) is 17.1 Å². The Labute approximate surface area is 236 Å². The van der Waals surface area contributed by atoms with Crippen molar-refractivity contribution in [2.45, 2.75) is 43.7 Å². The van der Waals surface area contributed by atoms with Crippen LogP contribution in [0.2, 0.25) is 18.6 Å². The Bertz CT molecular complexity index is 1430. The molecule has 2 amide bonds. The molecule has 5 rings (SSSR count). The molecule has 0 bridgehead atoms. The third kappa shape index (κ3) is 4.38. The van der Waals surface area contributed by atoms with Gasteiger partial charge in [0.15, 0.2) is 5.60 Å². The molecule has 2 heterocycles. The average Bonchev–Trinajstić information content (AvgIpc) is 3.35. The molecule has 0 unspecified atom stereocenters.